The van der Waals surface area contributed by atoms with E-state index in [1.54, 1.807) is 0 Å². The van der Waals surface area contributed by atoms with Crippen molar-refractivity contribution in [3.63, 3.8) is 0 Å². The zero-order valence-electron chi connectivity index (χ0n) is 10.2. The van der Waals surface area contributed by atoms with Gasteiger partial charge in [-0.15, -0.1) is 0 Å². The number of hydrogen-bond donors (Lipinski definition) is 1. The summed E-state index contributed by atoms with van der Waals surface area (Å²) < 4.78 is 4.13. The van der Waals surface area contributed by atoms with Gasteiger partial charge in [0, 0.05) is 8.04 Å². The first-order chi connectivity index (χ1) is 9.06. The molecular formula is C14H11BrIN3. The quantitative estimate of drug-likeness (QED) is 0.589. The average Bonchev–Trinajstić information content (AvgIpc) is 2.67. The summed E-state index contributed by atoms with van der Waals surface area (Å²) in [7, 11) is 0. The predicted molar refractivity (Wildman–Crippen MR) is 90.6 cm³/mol. The first-order valence-electron chi connectivity index (χ1n) is 5.76. The highest BCUT2D eigenvalue weighted by atomic mass is 127. The lowest BCUT2D eigenvalue weighted by atomic mass is 10.2. The molecule has 0 unspecified atom stereocenters. The molecule has 0 aliphatic rings. The molecule has 0 fully saturated rings. The summed E-state index contributed by atoms with van der Waals surface area (Å²) >= 11 is 5.86. The minimum absolute atomic E-state index is 0.503. The van der Waals surface area contributed by atoms with Crippen LogP contribution in [0.25, 0.3) is 16.7 Å². The summed E-state index contributed by atoms with van der Waals surface area (Å²) in [5, 5.41) is 0. The summed E-state index contributed by atoms with van der Waals surface area (Å²) in [6.07, 6.45) is 0. The van der Waals surface area contributed by atoms with E-state index in [-0.39, 0.29) is 0 Å². The lowest BCUT2D eigenvalue weighted by Gasteiger charge is -2.10. The molecule has 3 rings (SSSR count). The summed E-state index contributed by atoms with van der Waals surface area (Å²) in [6.45, 7) is 2.06. The van der Waals surface area contributed by atoms with Crippen molar-refractivity contribution >= 4 is 55.5 Å². The Bertz CT molecular complexity index is 780. The van der Waals surface area contributed by atoms with E-state index in [1.807, 2.05) is 16.7 Å². The van der Waals surface area contributed by atoms with Crippen LogP contribution in [0.15, 0.2) is 40.9 Å². The van der Waals surface area contributed by atoms with E-state index in [1.165, 1.54) is 5.56 Å². The highest BCUT2D eigenvalue weighted by molar-refractivity contribution is 14.1. The summed E-state index contributed by atoms with van der Waals surface area (Å²) in [6, 6.07) is 12.3. The highest BCUT2D eigenvalue weighted by Crippen LogP contribution is 2.29. The maximum atomic E-state index is 6.08. The minimum Gasteiger partial charge on any atom is -0.369 e. The molecule has 5 heteroatoms. The van der Waals surface area contributed by atoms with Crippen molar-refractivity contribution in [3.8, 4) is 5.69 Å². The molecule has 0 amide bonds. The van der Waals surface area contributed by atoms with Gasteiger partial charge in [-0.2, -0.15) is 0 Å². The number of halogens is 2. The van der Waals surface area contributed by atoms with Crippen LogP contribution in [-0.4, -0.2) is 9.55 Å². The number of nitrogens with two attached hydrogens (primary N) is 1. The van der Waals surface area contributed by atoms with Crippen molar-refractivity contribution < 1.29 is 0 Å². The number of nitrogens with zero attached hydrogens (tertiary/aromatic N) is 2. The Kier molecular flexibility index (Phi) is 3.26. The van der Waals surface area contributed by atoms with Gasteiger partial charge in [-0.1, -0.05) is 6.07 Å². The lowest BCUT2D eigenvalue weighted by molar-refractivity contribution is 1.10. The second-order valence-electron chi connectivity index (χ2n) is 4.39. The molecule has 0 bridgehead atoms. The van der Waals surface area contributed by atoms with E-state index in [9.17, 15) is 0 Å². The van der Waals surface area contributed by atoms with E-state index in [0.29, 0.717) is 5.95 Å². The Morgan fingerprint density at radius 1 is 1.21 bits per heavy atom. The molecule has 1 heterocycles. The zero-order chi connectivity index (χ0) is 13.6. The number of aromatic nitrogens is 2. The third kappa shape index (κ3) is 2.25. The molecule has 2 aromatic carbocycles. The highest BCUT2D eigenvalue weighted by Gasteiger charge is 2.12. The standard InChI is InChI=1S/C14H11BrIN3/c1-8-2-4-10(15)13(6-8)19-12-5-3-9(16)7-11(12)18-14(19)17/h2-7H,1H3,(H2,17,18). The second kappa shape index (κ2) is 4.79. The first-order valence-corrected chi connectivity index (χ1v) is 7.63. The molecule has 0 radical (unpaired) electrons. The molecule has 0 saturated carbocycles. The summed E-state index contributed by atoms with van der Waals surface area (Å²) in [5.74, 6) is 0.503. The van der Waals surface area contributed by atoms with Gasteiger partial charge in [0.25, 0.3) is 0 Å². The lowest BCUT2D eigenvalue weighted by Crippen LogP contribution is -2.01. The Morgan fingerprint density at radius 3 is 2.79 bits per heavy atom. The second-order valence-corrected chi connectivity index (χ2v) is 6.49. The zero-order valence-corrected chi connectivity index (χ0v) is 13.9. The van der Waals surface area contributed by atoms with Crippen molar-refractivity contribution in [2.75, 3.05) is 5.73 Å². The summed E-state index contributed by atoms with van der Waals surface area (Å²) in [4.78, 5) is 4.44. The Labute approximate surface area is 133 Å². The van der Waals surface area contributed by atoms with E-state index in [2.05, 4.69) is 74.7 Å². The number of aryl methyl sites for hydroxylation is 1. The number of hydrogen-bond acceptors (Lipinski definition) is 2. The van der Waals surface area contributed by atoms with Gasteiger partial charge in [0.05, 0.1) is 16.7 Å². The summed E-state index contributed by atoms with van der Waals surface area (Å²) in [5.41, 5.74) is 10.2. The Hall–Kier alpha value is -1.08. The van der Waals surface area contributed by atoms with Gasteiger partial charge < -0.3 is 5.73 Å². The van der Waals surface area contributed by atoms with Gasteiger partial charge in [-0.3, -0.25) is 4.57 Å². The molecule has 0 atom stereocenters. The van der Waals surface area contributed by atoms with Gasteiger partial charge >= 0.3 is 0 Å². The van der Waals surface area contributed by atoms with E-state index < -0.39 is 0 Å². The van der Waals surface area contributed by atoms with Gasteiger partial charge in [0.1, 0.15) is 0 Å². The third-order valence-corrected chi connectivity index (χ3v) is 4.33. The largest absolute Gasteiger partial charge is 0.369 e. The van der Waals surface area contributed by atoms with E-state index >= 15 is 0 Å². The van der Waals surface area contributed by atoms with Crippen molar-refractivity contribution in [3.05, 3.63) is 50.0 Å². The minimum atomic E-state index is 0.503. The molecule has 0 saturated heterocycles. The van der Waals surface area contributed by atoms with Crippen LogP contribution in [0.1, 0.15) is 5.56 Å². The van der Waals surface area contributed by atoms with Gasteiger partial charge in [-0.25, -0.2) is 4.98 Å². The third-order valence-electron chi connectivity index (χ3n) is 2.99. The van der Waals surface area contributed by atoms with Crippen LogP contribution in [0.5, 0.6) is 0 Å². The van der Waals surface area contributed by atoms with Crippen LogP contribution in [0.3, 0.4) is 0 Å². The molecule has 3 aromatic rings. The van der Waals surface area contributed by atoms with Crippen molar-refractivity contribution in [1.82, 2.24) is 9.55 Å². The Morgan fingerprint density at radius 2 is 2.00 bits per heavy atom. The van der Waals surface area contributed by atoms with Gasteiger partial charge in [-0.05, 0) is 81.3 Å². The fourth-order valence-corrected chi connectivity index (χ4v) is 3.02. The number of fused-ring (bicyclic) bond motifs is 1. The number of rotatable bonds is 1. The normalized spacial score (nSPS) is 11.1. The molecule has 0 spiro atoms. The molecule has 96 valence electrons. The number of anilines is 1. The maximum absolute atomic E-state index is 6.08. The number of imidazole rings is 1. The predicted octanol–water partition coefficient (Wildman–Crippen LogP) is 4.28. The molecule has 3 nitrogen and oxygen atoms in total. The topological polar surface area (TPSA) is 43.8 Å². The number of benzene rings is 2. The van der Waals surface area contributed by atoms with E-state index in [4.69, 9.17) is 5.73 Å². The first kappa shape index (κ1) is 12.9. The SMILES string of the molecule is Cc1ccc(Br)c(-n2c(N)nc3cc(I)ccc32)c1. The van der Waals surface area contributed by atoms with Crippen LogP contribution >= 0.6 is 38.5 Å². The molecule has 0 aliphatic heterocycles. The van der Waals surface area contributed by atoms with Crippen LogP contribution in [0, 0.1) is 10.5 Å². The average molecular weight is 428 g/mol. The smallest absolute Gasteiger partial charge is 0.205 e. The van der Waals surface area contributed by atoms with Crippen LogP contribution < -0.4 is 5.73 Å². The molecule has 19 heavy (non-hydrogen) atoms. The monoisotopic (exact) mass is 427 g/mol. The Balaban J connectivity index is 2.36. The van der Waals surface area contributed by atoms with E-state index in [0.717, 1.165) is 24.8 Å². The van der Waals surface area contributed by atoms with Crippen molar-refractivity contribution in [1.29, 1.82) is 0 Å². The van der Waals surface area contributed by atoms with Crippen molar-refractivity contribution in [2.24, 2.45) is 0 Å². The van der Waals surface area contributed by atoms with Crippen LogP contribution in [0.2, 0.25) is 0 Å². The number of nitrogen functional groups attached to an aromatic ring is 1. The maximum Gasteiger partial charge on any atom is 0.205 e. The molecule has 2 N–H and O–H groups in total. The molecular weight excluding hydrogens is 417 g/mol. The van der Waals surface area contributed by atoms with Gasteiger partial charge in [0.2, 0.25) is 5.95 Å². The van der Waals surface area contributed by atoms with Gasteiger partial charge in [0.15, 0.2) is 0 Å². The van der Waals surface area contributed by atoms with Crippen molar-refractivity contribution in [2.45, 2.75) is 6.92 Å². The molecule has 0 aliphatic carbocycles. The fraction of sp³-hybridized carbons (Fsp3) is 0.0714. The molecule has 1 aromatic heterocycles. The van der Waals surface area contributed by atoms with Crippen LogP contribution in [0.4, 0.5) is 5.95 Å². The fourth-order valence-electron chi connectivity index (χ4n) is 2.12. The van der Waals surface area contributed by atoms with Crippen LogP contribution in [-0.2, 0) is 0 Å².